The lowest BCUT2D eigenvalue weighted by atomic mass is 9.78. The minimum Gasteiger partial charge on any atom is -0.491 e. The van der Waals surface area contributed by atoms with Crippen molar-refractivity contribution < 1.29 is 24.1 Å². The first-order valence-electron chi connectivity index (χ1n) is 9.20. The summed E-state index contributed by atoms with van der Waals surface area (Å²) < 4.78 is 23.8. The molecule has 1 saturated heterocycles. The van der Waals surface area contributed by atoms with Crippen molar-refractivity contribution in [1.82, 2.24) is 4.90 Å². The highest BCUT2D eigenvalue weighted by Crippen LogP contribution is 2.38. The topological polar surface area (TPSA) is 62.2 Å². The molecule has 0 bridgehead atoms. The van der Waals surface area contributed by atoms with Gasteiger partial charge < -0.3 is 19.7 Å². The Morgan fingerprint density at radius 1 is 1.12 bits per heavy atom. The van der Waals surface area contributed by atoms with Gasteiger partial charge in [-0.2, -0.15) is 0 Å². The number of aliphatic hydroxyl groups is 2. The first-order chi connectivity index (χ1) is 12.1. The van der Waals surface area contributed by atoms with Crippen LogP contribution in [0.25, 0.3) is 0 Å². The molecule has 0 amide bonds. The van der Waals surface area contributed by atoms with Crippen molar-refractivity contribution in [2.45, 2.75) is 63.8 Å². The number of hydrogen-bond acceptors (Lipinski definition) is 5. The van der Waals surface area contributed by atoms with Crippen molar-refractivity contribution in [3.8, 4) is 5.75 Å². The molecule has 2 N–H and O–H groups in total. The quantitative estimate of drug-likeness (QED) is 0.690. The van der Waals surface area contributed by atoms with Gasteiger partial charge in [0.15, 0.2) is 0 Å². The highest BCUT2D eigenvalue weighted by Gasteiger charge is 2.45. The van der Waals surface area contributed by atoms with E-state index >= 15 is 0 Å². The van der Waals surface area contributed by atoms with Crippen LogP contribution in [0, 0.1) is 5.82 Å². The number of nitrogens with zero attached hydrogens (tertiary/aromatic N) is 1. The Hall–Kier alpha value is -1.21. The Labute approximate surface area is 155 Å². The molecular formula is C20H32FNO4. The van der Waals surface area contributed by atoms with Crippen LogP contribution < -0.4 is 4.74 Å². The fourth-order valence-electron chi connectivity index (χ4n) is 3.99. The summed E-state index contributed by atoms with van der Waals surface area (Å²) in [7, 11) is 0. The second-order valence-corrected chi connectivity index (χ2v) is 8.33. The normalized spacial score (nSPS) is 21.5. The summed E-state index contributed by atoms with van der Waals surface area (Å²) in [5.41, 5.74) is -0.373. The van der Waals surface area contributed by atoms with Crippen molar-refractivity contribution in [3.63, 3.8) is 0 Å². The van der Waals surface area contributed by atoms with Crippen LogP contribution in [0.3, 0.4) is 0 Å². The lowest BCUT2D eigenvalue weighted by Crippen LogP contribution is -2.63. The fraction of sp³-hybridized carbons (Fsp3) is 0.700. The molecule has 0 spiro atoms. The molecule has 1 fully saturated rings. The zero-order valence-corrected chi connectivity index (χ0v) is 16.2. The van der Waals surface area contributed by atoms with Crippen molar-refractivity contribution in [2.24, 2.45) is 0 Å². The van der Waals surface area contributed by atoms with Crippen molar-refractivity contribution >= 4 is 0 Å². The highest BCUT2D eigenvalue weighted by molar-refractivity contribution is 5.21. The Balaban J connectivity index is 1.72. The molecule has 6 heteroatoms. The Bertz CT molecular complexity index is 543. The van der Waals surface area contributed by atoms with Gasteiger partial charge in [-0.25, -0.2) is 4.39 Å². The number of likely N-dealkylation sites (tertiary alicyclic amines) is 1. The molecule has 0 aliphatic carbocycles. The number of benzene rings is 1. The van der Waals surface area contributed by atoms with E-state index in [0.717, 1.165) is 0 Å². The van der Waals surface area contributed by atoms with Gasteiger partial charge in [0, 0.05) is 17.6 Å². The molecule has 0 saturated carbocycles. The number of rotatable bonds is 8. The van der Waals surface area contributed by atoms with Crippen molar-refractivity contribution in [1.29, 1.82) is 0 Å². The van der Waals surface area contributed by atoms with Crippen LogP contribution in [-0.2, 0) is 4.74 Å². The summed E-state index contributed by atoms with van der Waals surface area (Å²) in [6.07, 6.45) is 0.452. The van der Waals surface area contributed by atoms with Gasteiger partial charge in [0.2, 0.25) is 0 Å². The van der Waals surface area contributed by atoms with E-state index in [9.17, 15) is 14.6 Å². The van der Waals surface area contributed by atoms with E-state index in [2.05, 4.69) is 32.6 Å². The number of piperidine rings is 1. The van der Waals surface area contributed by atoms with Crippen LogP contribution >= 0.6 is 0 Å². The van der Waals surface area contributed by atoms with Gasteiger partial charge in [-0.15, -0.1) is 0 Å². The van der Waals surface area contributed by atoms with Gasteiger partial charge in [-0.3, -0.25) is 4.90 Å². The maximum Gasteiger partial charge on any atom is 0.123 e. The van der Waals surface area contributed by atoms with Crippen LogP contribution in [0.5, 0.6) is 5.75 Å². The SMILES string of the molecule is CC1(C)CC(O)CC(C)(C)N1CC(O)COCCOc1ccc(F)cc1. The third-order valence-corrected chi connectivity index (χ3v) is 4.95. The number of hydrogen-bond donors (Lipinski definition) is 2. The molecule has 2 rings (SSSR count). The molecule has 1 aromatic carbocycles. The molecular weight excluding hydrogens is 337 g/mol. The average molecular weight is 369 g/mol. The molecule has 1 unspecified atom stereocenters. The molecule has 1 aliphatic heterocycles. The Morgan fingerprint density at radius 3 is 2.27 bits per heavy atom. The number of halogens is 1. The summed E-state index contributed by atoms with van der Waals surface area (Å²) in [4.78, 5) is 2.26. The van der Waals surface area contributed by atoms with Crippen LogP contribution in [-0.4, -0.2) is 64.8 Å². The first kappa shape index (κ1) is 21.1. The van der Waals surface area contributed by atoms with Gasteiger partial charge >= 0.3 is 0 Å². The summed E-state index contributed by atoms with van der Waals surface area (Å²) in [5.74, 6) is 0.290. The summed E-state index contributed by atoms with van der Waals surface area (Å²) in [5, 5.41) is 20.5. The lowest BCUT2D eigenvalue weighted by Gasteiger charge is -2.55. The molecule has 1 aliphatic rings. The highest BCUT2D eigenvalue weighted by atomic mass is 19.1. The zero-order chi connectivity index (χ0) is 19.4. The number of β-amino-alcohol motifs (C(OH)–C–C–N with tert-alkyl or cyclic N) is 1. The minimum absolute atomic E-state index is 0.187. The monoisotopic (exact) mass is 369 g/mol. The van der Waals surface area contributed by atoms with Crippen LogP contribution in [0.15, 0.2) is 24.3 Å². The molecule has 1 atom stereocenters. The summed E-state index contributed by atoms with van der Waals surface area (Å²) >= 11 is 0. The maximum absolute atomic E-state index is 12.8. The largest absolute Gasteiger partial charge is 0.491 e. The Morgan fingerprint density at radius 2 is 1.69 bits per heavy atom. The smallest absolute Gasteiger partial charge is 0.123 e. The second-order valence-electron chi connectivity index (χ2n) is 8.33. The molecule has 1 heterocycles. The second kappa shape index (κ2) is 8.65. The molecule has 0 radical (unpaired) electrons. The van der Waals surface area contributed by atoms with Gasteiger partial charge in [0.25, 0.3) is 0 Å². The molecule has 148 valence electrons. The zero-order valence-electron chi connectivity index (χ0n) is 16.2. The van der Waals surface area contributed by atoms with E-state index in [4.69, 9.17) is 9.47 Å². The molecule has 1 aromatic rings. The van der Waals surface area contributed by atoms with E-state index in [1.807, 2.05) is 0 Å². The first-order valence-corrected chi connectivity index (χ1v) is 9.20. The van der Waals surface area contributed by atoms with Crippen molar-refractivity contribution in [3.05, 3.63) is 30.1 Å². The van der Waals surface area contributed by atoms with Crippen LogP contribution in [0.2, 0.25) is 0 Å². The van der Waals surface area contributed by atoms with Crippen molar-refractivity contribution in [2.75, 3.05) is 26.4 Å². The Kier molecular flexibility index (Phi) is 7.02. The van der Waals surface area contributed by atoms with Gasteiger partial charge in [-0.05, 0) is 64.8 Å². The third kappa shape index (κ3) is 5.91. The van der Waals surface area contributed by atoms with Crippen LogP contribution in [0.4, 0.5) is 4.39 Å². The van der Waals surface area contributed by atoms with Gasteiger partial charge in [0.05, 0.1) is 25.4 Å². The predicted molar refractivity (Wildman–Crippen MR) is 98.8 cm³/mol. The third-order valence-electron chi connectivity index (χ3n) is 4.95. The van der Waals surface area contributed by atoms with E-state index in [1.165, 1.54) is 12.1 Å². The van der Waals surface area contributed by atoms with E-state index in [-0.39, 0.29) is 29.6 Å². The summed E-state index contributed by atoms with van der Waals surface area (Å²) in [6.45, 7) is 9.79. The molecule has 5 nitrogen and oxygen atoms in total. The predicted octanol–water partition coefficient (Wildman–Crippen LogP) is 2.60. The standard InChI is InChI=1S/C20H32FNO4/c1-19(2)11-16(23)12-20(3,4)22(19)13-17(24)14-25-9-10-26-18-7-5-15(21)6-8-18/h5-8,16-17,23-24H,9-14H2,1-4H3. The summed E-state index contributed by atoms with van der Waals surface area (Å²) in [6, 6.07) is 5.83. The number of ether oxygens (including phenoxy) is 2. The number of aliphatic hydroxyl groups excluding tert-OH is 2. The van der Waals surface area contributed by atoms with E-state index in [1.54, 1.807) is 12.1 Å². The lowest BCUT2D eigenvalue weighted by molar-refractivity contribution is -0.105. The minimum atomic E-state index is -0.616. The van der Waals surface area contributed by atoms with E-state index < -0.39 is 6.10 Å². The van der Waals surface area contributed by atoms with Gasteiger partial charge in [0.1, 0.15) is 18.2 Å². The van der Waals surface area contributed by atoms with Gasteiger partial charge in [-0.1, -0.05) is 0 Å². The van der Waals surface area contributed by atoms with Crippen LogP contribution in [0.1, 0.15) is 40.5 Å². The van der Waals surface area contributed by atoms with E-state index in [0.29, 0.717) is 38.3 Å². The molecule has 0 aromatic heterocycles. The fourth-order valence-corrected chi connectivity index (χ4v) is 3.99. The molecule has 26 heavy (non-hydrogen) atoms. The average Bonchev–Trinajstić information content (AvgIpc) is 2.51. The maximum atomic E-state index is 12.8.